The molecule has 2 aromatic rings. The number of hydrogen-bond donors (Lipinski definition) is 2. The van der Waals surface area contributed by atoms with Crippen LogP contribution in [0.25, 0.3) is 11.3 Å². The van der Waals surface area contributed by atoms with Crippen LogP contribution in [-0.2, 0) is 7.05 Å². The van der Waals surface area contributed by atoms with Crippen molar-refractivity contribution in [2.75, 3.05) is 26.2 Å². The molecule has 1 aliphatic rings. The number of benzene rings is 1. The minimum Gasteiger partial charge on any atom is -0.395 e. The molecule has 7 nitrogen and oxygen atoms in total. The molecule has 2 heterocycles. The minimum absolute atomic E-state index is 0.118. The summed E-state index contributed by atoms with van der Waals surface area (Å²) in [6, 6.07) is 10.5. The summed E-state index contributed by atoms with van der Waals surface area (Å²) in [4.78, 5) is 26.0. The number of rotatable bonds is 6. The SMILES string of the molecule is Cn1nc(-c2ccc(C(=O)NCCN3CCCC[C@@H]3CO)cc2)ccc1=O. The lowest BCUT2D eigenvalue weighted by atomic mass is 10.0. The minimum atomic E-state index is -0.160. The summed E-state index contributed by atoms with van der Waals surface area (Å²) in [6.07, 6.45) is 3.32. The predicted octanol–water partition coefficient (Wildman–Crippen LogP) is 1.02. The summed E-state index contributed by atoms with van der Waals surface area (Å²) >= 11 is 0. The van der Waals surface area contributed by atoms with E-state index in [1.54, 1.807) is 25.2 Å². The molecule has 0 bridgehead atoms. The average molecular weight is 370 g/mol. The van der Waals surface area contributed by atoms with E-state index in [-0.39, 0.29) is 24.1 Å². The highest BCUT2D eigenvalue weighted by molar-refractivity contribution is 5.94. The van der Waals surface area contributed by atoms with Crippen LogP contribution in [0.3, 0.4) is 0 Å². The van der Waals surface area contributed by atoms with Gasteiger partial charge in [-0.25, -0.2) is 4.68 Å². The Labute approximate surface area is 158 Å². The molecule has 0 unspecified atom stereocenters. The Morgan fingerprint density at radius 1 is 1.22 bits per heavy atom. The zero-order chi connectivity index (χ0) is 19.2. The second kappa shape index (κ2) is 8.92. The first-order valence-corrected chi connectivity index (χ1v) is 9.36. The number of likely N-dealkylation sites (tertiary alicyclic amines) is 1. The summed E-state index contributed by atoms with van der Waals surface area (Å²) < 4.78 is 1.29. The fourth-order valence-corrected chi connectivity index (χ4v) is 3.42. The standard InChI is InChI=1S/C20H26N4O3/c1-23-19(26)10-9-18(22-23)15-5-7-16(8-6-15)20(27)21-11-13-24-12-3-2-4-17(24)14-25/h5-10,17,25H,2-4,11-14H2,1H3,(H,21,27)/t17-/m1/s1. The first kappa shape index (κ1) is 19.3. The van der Waals surface area contributed by atoms with Gasteiger partial charge in [0.2, 0.25) is 0 Å². The van der Waals surface area contributed by atoms with E-state index in [4.69, 9.17) is 0 Å². The fraction of sp³-hybridized carbons (Fsp3) is 0.450. The van der Waals surface area contributed by atoms with Gasteiger partial charge in [0.25, 0.3) is 11.5 Å². The molecule has 144 valence electrons. The third-order valence-electron chi connectivity index (χ3n) is 5.05. The number of aryl methyl sites for hydroxylation is 1. The van der Waals surface area contributed by atoms with Crippen molar-refractivity contribution in [3.63, 3.8) is 0 Å². The van der Waals surface area contributed by atoms with Gasteiger partial charge in [0.1, 0.15) is 0 Å². The van der Waals surface area contributed by atoms with Crippen LogP contribution < -0.4 is 10.9 Å². The first-order valence-electron chi connectivity index (χ1n) is 9.36. The molecule has 1 saturated heterocycles. The number of nitrogens with zero attached hydrogens (tertiary/aromatic N) is 3. The fourth-order valence-electron chi connectivity index (χ4n) is 3.42. The van der Waals surface area contributed by atoms with Crippen molar-refractivity contribution in [2.24, 2.45) is 7.05 Å². The molecular formula is C20H26N4O3. The summed E-state index contributed by atoms with van der Waals surface area (Å²) in [5.74, 6) is -0.118. The van der Waals surface area contributed by atoms with Crippen molar-refractivity contribution < 1.29 is 9.90 Å². The van der Waals surface area contributed by atoms with Gasteiger partial charge in [0.05, 0.1) is 12.3 Å². The lowest BCUT2D eigenvalue weighted by Gasteiger charge is -2.34. The molecule has 1 aromatic heterocycles. The highest BCUT2D eigenvalue weighted by Crippen LogP contribution is 2.17. The molecular weight excluding hydrogens is 344 g/mol. The Morgan fingerprint density at radius 3 is 2.70 bits per heavy atom. The zero-order valence-electron chi connectivity index (χ0n) is 15.6. The Kier molecular flexibility index (Phi) is 6.36. The monoisotopic (exact) mass is 370 g/mol. The third-order valence-corrected chi connectivity index (χ3v) is 5.05. The number of nitrogens with one attached hydrogen (secondary N) is 1. The average Bonchev–Trinajstić information content (AvgIpc) is 2.70. The van der Waals surface area contributed by atoms with Gasteiger partial charge in [-0.2, -0.15) is 5.10 Å². The van der Waals surface area contributed by atoms with Crippen molar-refractivity contribution in [2.45, 2.75) is 25.3 Å². The third kappa shape index (κ3) is 4.81. The maximum Gasteiger partial charge on any atom is 0.266 e. The Hall–Kier alpha value is -2.51. The topological polar surface area (TPSA) is 87.5 Å². The lowest BCUT2D eigenvalue weighted by Crippen LogP contribution is -2.45. The van der Waals surface area contributed by atoms with Gasteiger partial charge in [-0.15, -0.1) is 0 Å². The molecule has 3 rings (SSSR count). The number of piperidine rings is 1. The molecule has 0 saturated carbocycles. The van der Waals surface area contributed by atoms with Gasteiger partial charge >= 0.3 is 0 Å². The number of amides is 1. The van der Waals surface area contributed by atoms with E-state index in [9.17, 15) is 14.7 Å². The number of aliphatic hydroxyl groups is 1. The van der Waals surface area contributed by atoms with Crippen LogP contribution in [-0.4, -0.2) is 58.0 Å². The van der Waals surface area contributed by atoms with E-state index in [1.807, 2.05) is 12.1 Å². The van der Waals surface area contributed by atoms with Gasteiger partial charge in [-0.1, -0.05) is 18.6 Å². The Balaban J connectivity index is 1.55. The van der Waals surface area contributed by atoms with Crippen molar-refractivity contribution in [3.8, 4) is 11.3 Å². The molecule has 0 aliphatic carbocycles. The largest absolute Gasteiger partial charge is 0.395 e. The van der Waals surface area contributed by atoms with E-state index < -0.39 is 0 Å². The van der Waals surface area contributed by atoms with Crippen LogP contribution in [0.5, 0.6) is 0 Å². The molecule has 27 heavy (non-hydrogen) atoms. The zero-order valence-corrected chi connectivity index (χ0v) is 15.6. The van der Waals surface area contributed by atoms with E-state index in [0.717, 1.165) is 37.9 Å². The molecule has 2 N–H and O–H groups in total. The summed E-state index contributed by atoms with van der Waals surface area (Å²) in [6.45, 7) is 2.45. The summed E-state index contributed by atoms with van der Waals surface area (Å²) in [5, 5.41) is 16.6. The van der Waals surface area contributed by atoms with Gasteiger partial charge in [-0.05, 0) is 37.6 Å². The van der Waals surface area contributed by atoms with Gasteiger partial charge in [-0.3, -0.25) is 14.5 Å². The van der Waals surface area contributed by atoms with Crippen molar-refractivity contribution in [1.82, 2.24) is 20.0 Å². The maximum absolute atomic E-state index is 12.3. The highest BCUT2D eigenvalue weighted by Gasteiger charge is 2.21. The lowest BCUT2D eigenvalue weighted by molar-refractivity contribution is 0.0849. The highest BCUT2D eigenvalue weighted by atomic mass is 16.3. The number of aromatic nitrogens is 2. The summed E-state index contributed by atoms with van der Waals surface area (Å²) in [5.41, 5.74) is 1.96. The number of hydrogen-bond acceptors (Lipinski definition) is 5. The molecule has 7 heteroatoms. The van der Waals surface area contributed by atoms with E-state index in [0.29, 0.717) is 17.8 Å². The van der Waals surface area contributed by atoms with Crippen LogP contribution in [0, 0.1) is 0 Å². The van der Waals surface area contributed by atoms with Crippen molar-refractivity contribution >= 4 is 5.91 Å². The van der Waals surface area contributed by atoms with E-state index in [2.05, 4.69) is 15.3 Å². The van der Waals surface area contributed by atoms with Gasteiger partial charge in [0, 0.05) is 43.4 Å². The van der Waals surface area contributed by atoms with Crippen molar-refractivity contribution in [1.29, 1.82) is 0 Å². The molecule has 0 radical (unpaired) electrons. The van der Waals surface area contributed by atoms with Crippen LogP contribution in [0.15, 0.2) is 41.2 Å². The smallest absolute Gasteiger partial charge is 0.266 e. The van der Waals surface area contributed by atoms with Crippen LogP contribution >= 0.6 is 0 Å². The van der Waals surface area contributed by atoms with Gasteiger partial charge < -0.3 is 10.4 Å². The molecule has 1 fully saturated rings. The van der Waals surface area contributed by atoms with Crippen molar-refractivity contribution in [3.05, 3.63) is 52.3 Å². The maximum atomic E-state index is 12.3. The van der Waals surface area contributed by atoms with Crippen LogP contribution in [0.4, 0.5) is 0 Å². The molecule has 1 aromatic carbocycles. The molecule has 1 atom stereocenters. The molecule has 1 aliphatic heterocycles. The second-order valence-electron chi connectivity index (χ2n) is 6.88. The Morgan fingerprint density at radius 2 is 2.00 bits per heavy atom. The molecule has 1 amide bonds. The number of carbonyl (C=O) groups excluding carboxylic acids is 1. The Bertz CT molecular complexity index is 832. The first-order chi connectivity index (χ1) is 13.1. The number of carbonyl (C=O) groups is 1. The predicted molar refractivity (Wildman–Crippen MR) is 104 cm³/mol. The van der Waals surface area contributed by atoms with Crippen LogP contribution in [0.2, 0.25) is 0 Å². The normalized spacial score (nSPS) is 17.6. The molecule has 0 spiro atoms. The summed E-state index contributed by atoms with van der Waals surface area (Å²) in [7, 11) is 1.61. The van der Waals surface area contributed by atoms with E-state index >= 15 is 0 Å². The van der Waals surface area contributed by atoms with Crippen LogP contribution in [0.1, 0.15) is 29.6 Å². The van der Waals surface area contributed by atoms with E-state index in [1.165, 1.54) is 10.7 Å². The second-order valence-corrected chi connectivity index (χ2v) is 6.88. The van der Waals surface area contributed by atoms with Gasteiger partial charge in [0.15, 0.2) is 0 Å². The number of aliphatic hydroxyl groups excluding tert-OH is 1. The quantitative estimate of drug-likeness (QED) is 0.793.